The second-order valence-corrected chi connectivity index (χ2v) is 18.2. The molecular weight excluding hydrogens is 641 g/mol. The molecule has 3 aliphatic heterocycles. The standard InChI is InChI=1S/C49H48BN3/c1-46(2,3)33-26-27-40-37(28-33)48(6)31-47(4,5)32-49(48,7)53(40)36-29-43-45-44(30-36)52(35-20-12-9-13-21-35)42-25-17-15-23-39(42)50(45)38-22-14-16-24-41(38)51(43)34-18-10-8-11-19-34/h8-30H,31-32H2,1-7H3. The number of rotatable bonds is 3. The molecule has 3 nitrogen and oxygen atoms in total. The van der Waals surface area contributed by atoms with E-state index in [0.29, 0.717) is 0 Å². The minimum absolute atomic E-state index is 0.0137. The molecule has 262 valence electrons. The first-order valence-electron chi connectivity index (χ1n) is 19.4. The molecule has 0 N–H and O–H groups in total. The molecule has 4 aliphatic rings. The summed E-state index contributed by atoms with van der Waals surface area (Å²) in [5.41, 5.74) is 17.1. The fourth-order valence-electron chi connectivity index (χ4n) is 11.1. The monoisotopic (exact) mass is 689 g/mol. The Morgan fingerprint density at radius 1 is 0.509 bits per heavy atom. The Kier molecular flexibility index (Phi) is 6.68. The Labute approximate surface area is 316 Å². The third-order valence-electron chi connectivity index (χ3n) is 13.2. The molecule has 1 aliphatic carbocycles. The maximum atomic E-state index is 2.77. The fourth-order valence-corrected chi connectivity index (χ4v) is 11.1. The lowest BCUT2D eigenvalue weighted by Crippen LogP contribution is -2.61. The van der Waals surface area contributed by atoms with Crippen LogP contribution in [0.1, 0.15) is 72.4 Å². The minimum atomic E-state index is -0.121. The van der Waals surface area contributed by atoms with Crippen molar-refractivity contribution >= 4 is 68.6 Å². The molecule has 2 atom stereocenters. The molecule has 6 aromatic carbocycles. The molecule has 10 rings (SSSR count). The number of anilines is 8. The highest BCUT2D eigenvalue weighted by atomic mass is 15.3. The summed E-state index contributed by atoms with van der Waals surface area (Å²) < 4.78 is 0. The van der Waals surface area contributed by atoms with Gasteiger partial charge in [0.15, 0.2) is 0 Å². The zero-order valence-electron chi connectivity index (χ0n) is 32.1. The zero-order chi connectivity index (χ0) is 36.5. The quantitative estimate of drug-likeness (QED) is 0.171. The van der Waals surface area contributed by atoms with E-state index in [2.05, 4.69) is 203 Å². The van der Waals surface area contributed by atoms with Crippen LogP contribution in [0.25, 0.3) is 0 Å². The summed E-state index contributed by atoms with van der Waals surface area (Å²) in [5, 5.41) is 0. The number of fused-ring (bicyclic) bond motifs is 7. The van der Waals surface area contributed by atoms with Gasteiger partial charge in [-0.15, -0.1) is 0 Å². The summed E-state index contributed by atoms with van der Waals surface area (Å²) in [5.74, 6) is 0. The summed E-state index contributed by atoms with van der Waals surface area (Å²) in [6, 6.07) is 52.6. The maximum Gasteiger partial charge on any atom is 0.252 e. The first kappa shape index (κ1) is 32.4. The van der Waals surface area contributed by atoms with Crippen molar-refractivity contribution in [3.8, 4) is 0 Å². The number of para-hydroxylation sites is 4. The van der Waals surface area contributed by atoms with Crippen molar-refractivity contribution in [3.63, 3.8) is 0 Å². The molecular formula is C49H48BN3. The van der Waals surface area contributed by atoms with Gasteiger partial charge in [0.25, 0.3) is 6.71 Å². The van der Waals surface area contributed by atoms with E-state index in [9.17, 15) is 0 Å². The van der Waals surface area contributed by atoms with Crippen molar-refractivity contribution in [1.29, 1.82) is 0 Å². The highest BCUT2D eigenvalue weighted by Gasteiger charge is 2.64. The minimum Gasteiger partial charge on any atom is -0.334 e. The van der Waals surface area contributed by atoms with Gasteiger partial charge in [0.2, 0.25) is 0 Å². The van der Waals surface area contributed by atoms with Gasteiger partial charge in [-0.2, -0.15) is 0 Å². The van der Waals surface area contributed by atoms with Crippen LogP contribution >= 0.6 is 0 Å². The van der Waals surface area contributed by atoms with Crippen LogP contribution in [-0.4, -0.2) is 12.3 Å². The predicted octanol–water partition coefficient (Wildman–Crippen LogP) is 11.1. The Hall–Kier alpha value is -5.22. The molecule has 0 spiro atoms. The lowest BCUT2D eigenvalue weighted by atomic mass is 9.33. The molecule has 53 heavy (non-hydrogen) atoms. The van der Waals surface area contributed by atoms with Crippen molar-refractivity contribution in [1.82, 2.24) is 0 Å². The molecule has 0 saturated heterocycles. The summed E-state index contributed by atoms with van der Waals surface area (Å²) in [6.45, 7) is 17.2. The smallest absolute Gasteiger partial charge is 0.252 e. The second kappa shape index (κ2) is 10.9. The van der Waals surface area contributed by atoms with Gasteiger partial charge >= 0.3 is 0 Å². The number of hydrogen-bond donors (Lipinski definition) is 0. The molecule has 3 heterocycles. The largest absolute Gasteiger partial charge is 0.334 e. The van der Waals surface area contributed by atoms with E-state index in [1.807, 2.05) is 0 Å². The van der Waals surface area contributed by atoms with Crippen LogP contribution in [0, 0.1) is 5.41 Å². The fraction of sp³-hybridized carbons (Fsp3) is 0.265. The highest BCUT2D eigenvalue weighted by Crippen LogP contribution is 2.67. The van der Waals surface area contributed by atoms with Gasteiger partial charge in [0, 0.05) is 50.9 Å². The Bertz CT molecular complexity index is 2320. The molecule has 1 fully saturated rings. The summed E-state index contributed by atoms with van der Waals surface area (Å²) in [7, 11) is 0. The molecule has 0 amide bonds. The number of benzene rings is 6. The molecule has 1 saturated carbocycles. The summed E-state index contributed by atoms with van der Waals surface area (Å²) >= 11 is 0. The number of hydrogen-bond acceptors (Lipinski definition) is 3. The van der Waals surface area contributed by atoms with Crippen molar-refractivity contribution in [2.75, 3.05) is 14.7 Å². The van der Waals surface area contributed by atoms with Crippen molar-refractivity contribution in [2.24, 2.45) is 5.41 Å². The summed E-state index contributed by atoms with van der Waals surface area (Å²) in [4.78, 5) is 7.83. The van der Waals surface area contributed by atoms with Gasteiger partial charge in [0.1, 0.15) is 0 Å². The topological polar surface area (TPSA) is 9.72 Å². The lowest BCUT2D eigenvalue weighted by Gasteiger charge is -2.47. The molecule has 4 heteroatoms. The zero-order valence-corrected chi connectivity index (χ0v) is 32.1. The van der Waals surface area contributed by atoms with Gasteiger partial charge in [-0.1, -0.05) is 126 Å². The average Bonchev–Trinajstić information content (AvgIpc) is 3.45. The third kappa shape index (κ3) is 4.48. The van der Waals surface area contributed by atoms with Gasteiger partial charge in [-0.3, -0.25) is 0 Å². The van der Waals surface area contributed by atoms with Crippen LogP contribution in [-0.2, 0) is 10.8 Å². The lowest BCUT2D eigenvalue weighted by molar-refractivity contribution is 0.330. The molecule has 2 unspecified atom stereocenters. The van der Waals surface area contributed by atoms with E-state index in [1.165, 1.54) is 73.0 Å². The van der Waals surface area contributed by atoms with E-state index in [1.54, 1.807) is 0 Å². The van der Waals surface area contributed by atoms with E-state index >= 15 is 0 Å². The van der Waals surface area contributed by atoms with E-state index in [0.717, 1.165) is 12.8 Å². The normalized spacial score (nSPS) is 21.9. The van der Waals surface area contributed by atoms with Crippen molar-refractivity contribution in [3.05, 3.63) is 151 Å². The maximum absolute atomic E-state index is 2.77. The van der Waals surface area contributed by atoms with Gasteiger partial charge < -0.3 is 14.7 Å². The van der Waals surface area contributed by atoms with E-state index < -0.39 is 0 Å². The van der Waals surface area contributed by atoms with Crippen LogP contribution in [0.4, 0.5) is 45.5 Å². The second-order valence-electron chi connectivity index (χ2n) is 18.2. The SMILES string of the molecule is CC1(C)CC2(C)c3cc(C(C)(C)C)ccc3N(c3cc4c5c(c3)N(c3ccccc3)c3ccccc3B5c3ccccc3N4c3ccccc3)C2(C)C1. The predicted molar refractivity (Wildman–Crippen MR) is 227 cm³/mol. The molecule has 0 bridgehead atoms. The first-order valence-corrected chi connectivity index (χ1v) is 19.4. The van der Waals surface area contributed by atoms with Gasteiger partial charge in [-0.25, -0.2) is 0 Å². The number of nitrogens with zero attached hydrogens (tertiary/aromatic N) is 3. The molecule has 0 radical (unpaired) electrons. The Morgan fingerprint density at radius 3 is 1.55 bits per heavy atom. The van der Waals surface area contributed by atoms with Gasteiger partial charge in [-0.05, 0) is 113 Å². The van der Waals surface area contributed by atoms with Crippen LogP contribution in [0.2, 0.25) is 0 Å². The van der Waals surface area contributed by atoms with E-state index in [-0.39, 0.29) is 28.5 Å². The van der Waals surface area contributed by atoms with Crippen LogP contribution in [0.5, 0.6) is 0 Å². The highest BCUT2D eigenvalue weighted by molar-refractivity contribution is 7.00. The Morgan fingerprint density at radius 2 is 1.02 bits per heavy atom. The van der Waals surface area contributed by atoms with Crippen LogP contribution in [0.3, 0.4) is 0 Å². The van der Waals surface area contributed by atoms with Crippen molar-refractivity contribution < 1.29 is 0 Å². The van der Waals surface area contributed by atoms with Crippen LogP contribution in [0.15, 0.2) is 140 Å². The summed E-state index contributed by atoms with van der Waals surface area (Å²) in [6.07, 6.45) is 2.27. The van der Waals surface area contributed by atoms with E-state index in [4.69, 9.17) is 0 Å². The molecule has 0 aromatic heterocycles. The van der Waals surface area contributed by atoms with Gasteiger partial charge in [0.05, 0.1) is 5.54 Å². The Balaban J connectivity index is 1.31. The average molecular weight is 690 g/mol. The molecule has 6 aromatic rings. The van der Waals surface area contributed by atoms with Crippen LogP contribution < -0.4 is 31.1 Å². The third-order valence-corrected chi connectivity index (χ3v) is 13.2. The first-order chi connectivity index (χ1) is 25.4. The van der Waals surface area contributed by atoms with Crippen molar-refractivity contribution in [2.45, 2.75) is 77.7 Å².